The quantitative estimate of drug-likeness (QED) is 0.630. The summed E-state index contributed by atoms with van der Waals surface area (Å²) in [4.78, 5) is 14.4. The Bertz CT molecular complexity index is 672. The van der Waals surface area contributed by atoms with Crippen LogP contribution in [0.4, 0.5) is 0 Å². The van der Waals surface area contributed by atoms with Gasteiger partial charge in [-0.15, -0.1) is 0 Å². The number of hydrogen-bond donors (Lipinski definition) is 2. The second-order valence-electron chi connectivity index (χ2n) is 5.99. The van der Waals surface area contributed by atoms with Crippen LogP contribution in [0.3, 0.4) is 0 Å². The summed E-state index contributed by atoms with van der Waals surface area (Å²) in [5.41, 5.74) is 0. The summed E-state index contributed by atoms with van der Waals surface area (Å²) in [6, 6.07) is 5.22. The third kappa shape index (κ3) is 6.24. The van der Waals surface area contributed by atoms with E-state index in [0.29, 0.717) is 38.7 Å². The first kappa shape index (κ1) is 20.6. The first-order chi connectivity index (χ1) is 12.4. The first-order valence-electron chi connectivity index (χ1n) is 8.75. The van der Waals surface area contributed by atoms with Crippen LogP contribution in [0.15, 0.2) is 29.2 Å². The summed E-state index contributed by atoms with van der Waals surface area (Å²) in [7, 11) is -3.78. The Hall–Kier alpha value is -1.68. The first-order valence-corrected chi connectivity index (χ1v) is 10.2. The van der Waals surface area contributed by atoms with Gasteiger partial charge in [0.2, 0.25) is 15.9 Å². The average molecular weight is 385 g/mol. The Morgan fingerprint density at radius 2 is 1.92 bits per heavy atom. The zero-order valence-electron chi connectivity index (χ0n) is 15.2. The van der Waals surface area contributed by atoms with E-state index >= 15 is 0 Å². The van der Waals surface area contributed by atoms with E-state index in [1.54, 1.807) is 12.1 Å². The predicted molar refractivity (Wildman–Crippen MR) is 97.7 cm³/mol. The number of benzene rings is 1. The fourth-order valence-corrected chi connectivity index (χ4v) is 3.75. The molecule has 0 unspecified atom stereocenters. The molecule has 1 aliphatic rings. The van der Waals surface area contributed by atoms with Gasteiger partial charge in [-0.05, 0) is 38.1 Å². The lowest BCUT2D eigenvalue weighted by Gasteiger charge is -2.26. The Morgan fingerprint density at radius 1 is 1.27 bits per heavy atom. The number of rotatable bonds is 9. The van der Waals surface area contributed by atoms with Crippen molar-refractivity contribution in [2.24, 2.45) is 0 Å². The minimum atomic E-state index is -3.78. The van der Waals surface area contributed by atoms with Crippen LogP contribution in [0.1, 0.15) is 13.8 Å². The van der Waals surface area contributed by atoms with Gasteiger partial charge in [0.25, 0.3) is 0 Å². The van der Waals surface area contributed by atoms with Gasteiger partial charge in [0.1, 0.15) is 5.75 Å². The maximum atomic E-state index is 12.4. The van der Waals surface area contributed by atoms with Crippen LogP contribution in [0.25, 0.3) is 0 Å². The van der Waals surface area contributed by atoms with E-state index in [9.17, 15) is 13.2 Å². The Kier molecular flexibility index (Phi) is 7.83. The van der Waals surface area contributed by atoms with Crippen molar-refractivity contribution in [1.82, 2.24) is 14.9 Å². The van der Waals surface area contributed by atoms with Crippen LogP contribution in [-0.2, 0) is 19.6 Å². The summed E-state index contributed by atoms with van der Waals surface area (Å²) in [5.74, 6) is 0.244. The number of carbonyl (C=O) groups excluding carboxylic acids is 1. The summed E-state index contributed by atoms with van der Waals surface area (Å²) in [6.45, 7) is 8.15. The molecule has 0 aliphatic carbocycles. The van der Waals surface area contributed by atoms with Crippen LogP contribution in [0.5, 0.6) is 5.75 Å². The van der Waals surface area contributed by atoms with E-state index in [4.69, 9.17) is 9.47 Å². The molecule has 0 saturated carbocycles. The summed E-state index contributed by atoms with van der Waals surface area (Å²) in [5, 5.41) is 2.76. The zero-order chi connectivity index (χ0) is 19.0. The molecule has 0 aromatic heterocycles. The second kappa shape index (κ2) is 9.86. The van der Waals surface area contributed by atoms with Crippen LogP contribution in [-0.4, -0.2) is 71.3 Å². The molecule has 0 radical (unpaired) electrons. The highest BCUT2D eigenvalue weighted by molar-refractivity contribution is 7.89. The minimum absolute atomic E-state index is 0.0916. The van der Waals surface area contributed by atoms with E-state index in [0.717, 1.165) is 13.1 Å². The molecule has 1 atom stereocenters. The van der Waals surface area contributed by atoms with Crippen molar-refractivity contribution in [3.05, 3.63) is 24.3 Å². The van der Waals surface area contributed by atoms with Crippen LogP contribution in [0, 0.1) is 0 Å². The molecule has 2 N–H and O–H groups in total. The molecule has 8 nitrogen and oxygen atoms in total. The normalized spacial score (nSPS) is 16.8. The maximum absolute atomic E-state index is 12.4. The molecule has 1 amide bonds. The molecule has 146 valence electrons. The number of sulfonamides is 1. The molecule has 0 bridgehead atoms. The van der Waals surface area contributed by atoms with E-state index in [-0.39, 0.29) is 10.8 Å². The van der Waals surface area contributed by atoms with E-state index in [1.165, 1.54) is 19.1 Å². The van der Waals surface area contributed by atoms with Crippen LogP contribution < -0.4 is 14.8 Å². The van der Waals surface area contributed by atoms with Gasteiger partial charge in [-0.2, -0.15) is 4.72 Å². The molecule has 1 aromatic carbocycles. The third-order valence-electron chi connectivity index (χ3n) is 4.00. The highest BCUT2D eigenvalue weighted by Gasteiger charge is 2.22. The van der Waals surface area contributed by atoms with Gasteiger partial charge in [0.05, 0.1) is 30.8 Å². The van der Waals surface area contributed by atoms with Crippen molar-refractivity contribution in [3.63, 3.8) is 0 Å². The van der Waals surface area contributed by atoms with Crippen molar-refractivity contribution in [2.75, 3.05) is 46.0 Å². The average Bonchev–Trinajstić information content (AvgIpc) is 2.63. The molecule has 0 spiro atoms. The molecular weight excluding hydrogens is 358 g/mol. The molecule has 2 rings (SSSR count). The van der Waals surface area contributed by atoms with Gasteiger partial charge < -0.3 is 14.8 Å². The molecule has 1 fully saturated rings. The molecule has 1 aromatic rings. The summed E-state index contributed by atoms with van der Waals surface area (Å²) < 4.78 is 37.7. The van der Waals surface area contributed by atoms with Crippen molar-refractivity contribution < 1.29 is 22.7 Å². The minimum Gasteiger partial charge on any atom is -0.494 e. The highest BCUT2D eigenvalue weighted by atomic mass is 32.2. The number of nitrogens with one attached hydrogen (secondary N) is 2. The van der Waals surface area contributed by atoms with Gasteiger partial charge in [-0.25, -0.2) is 8.42 Å². The van der Waals surface area contributed by atoms with E-state index in [1.807, 2.05) is 6.92 Å². The third-order valence-corrected chi connectivity index (χ3v) is 5.56. The molecule has 1 saturated heterocycles. The smallest absolute Gasteiger partial charge is 0.241 e. The van der Waals surface area contributed by atoms with Gasteiger partial charge in [0, 0.05) is 26.2 Å². The molecule has 9 heteroatoms. The van der Waals surface area contributed by atoms with Crippen molar-refractivity contribution in [3.8, 4) is 5.75 Å². The lowest BCUT2D eigenvalue weighted by Crippen LogP contribution is -2.47. The standard InChI is InChI=1S/C17H27N3O5S/c1-3-25-15-4-6-16(7-5-15)26(22,23)19-14(2)17(21)18-8-9-20-10-12-24-13-11-20/h4-7,14,19H,3,8-13H2,1-2H3,(H,18,21)/t14-/m1/s1. The Balaban J connectivity index is 1.82. The lowest BCUT2D eigenvalue weighted by molar-refractivity contribution is -0.122. The monoisotopic (exact) mass is 385 g/mol. The van der Waals surface area contributed by atoms with Gasteiger partial charge in [0.15, 0.2) is 0 Å². The number of morpholine rings is 1. The largest absolute Gasteiger partial charge is 0.494 e. The molecule has 26 heavy (non-hydrogen) atoms. The highest BCUT2D eigenvalue weighted by Crippen LogP contribution is 2.16. The number of amides is 1. The van der Waals surface area contributed by atoms with Crippen LogP contribution in [0.2, 0.25) is 0 Å². The maximum Gasteiger partial charge on any atom is 0.241 e. The number of carbonyl (C=O) groups is 1. The Morgan fingerprint density at radius 3 is 2.54 bits per heavy atom. The van der Waals surface area contributed by atoms with E-state index in [2.05, 4.69) is 14.9 Å². The van der Waals surface area contributed by atoms with E-state index < -0.39 is 16.1 Å². The topological polar surface area (TPSA) is 97.0 Å². The summed E-state index contributed by atoms with van der Waals surface area (Å²) in [6.07, 6.45) is 0. The Labute approximate surface area is 154 Å². The lowest BCUT2D eigenvalue weighted by atomic mass is 10.3. The van der Waals surface area contributed by atoms with Gasteiger partial charge in [-0.3, -0.25) is 9.69 Å². The molecule has 1 heterocycles. The predicted octanol–water partition coefficient (Wildman–Crippen LogP) is 0.201. The number of hydrogen-bond acceptors (Lipinski definition) is 6. The van der Waals surface area contributed by atoms with Crippen LogP contribution >= 0.6 is 0 Å². The summed E-state index contributed by atoms with van der Waals surface area (Å²) >= 11 is 0. The van der Waals surface area contributed by atoms with Crippen molar-refractivity contribution in [2.45, 2.75) is 24.8 Å². The zero-order valence-corrected chi connectivity index (χ0v) is 16.0. The fourth-order valence-electron chi connectivity index (χ4n) is 2.55. The molecular formula is C17H27N3O5S. The fraction of sp³-hybridized carbons (Fsp3) is 0.588. The number of nitrogens with zero attached hydrogens (tertiary/aromatic N) is 1. The SMILES string of the molecule is CCOc1ccc(S(=O)(=O)N[C@H](C)C(=O)NCCN2CCOCC2)cc1. The van der Waals surface area contributed by atoms with Crippen molar-refractivity contribution >= 4 is 15.9 Å². The van der Waals surface area contributed by atoms with Gasteiger partial charge in [-0.1, -0.05) is 0 Å². The molecule has 1 aliphatic heterocycles. The van der Waals surface area contributed by atoms with Crippen molar-refractivity contribution in [1.29, 1.82) is 0 Å². The number of ether oxygens (including phenoxy) is 2. The van der Waals surface area contributed by atoms with Gasteiger partial charge >= 0.3 is 0 Å². The second-order valence-corrected chi connectivity index (χ2v) is 7.71.